The SMILES string of the molecule is CCOP(=O)(CCC#Cc1cc(N)ccc1C(F)(F)F)OCC. The molecule has 0 heterocycles. The van der Waals surface area contributed by atoms with Crippen molar-refractivity contribution < 1.29 is 26.8 Å². The summed E-state index contributed by atoms with van der Waals surface area (Å²) in [7, 11) is -3.24. The van der Waals surface area contributed by atoms with Crippen molar-refractivity contribution in [1.82, 2.24) is 0 Å². The fraction of sp³-hybridized carbons (Fsp3) is 0.467. The van der Waals surface area contributed by atoms with Gasteiger partial charge in [-0.3, -0.25) is 4.57 Å². The van der Waals surface area contributed by atoms with Gasteiger partial charge in [-0.05, 0) is 32.0 Å². The molecule has 0 aromatic heterocycles. The van der Waals surface area contributed by atoms with Gasteiger partial charge in [-0.2, -0.15) is 13.2 Å². The lowest BCUT2D eigenvalue weighted by molar-refractivity contribution is -0.137. The molecule has 0 radical (unpaired) electrons. The Balaban J connectivity index is 2.88. The van der Waals surface area contributed by atoms with E-state index in [0.29, 0.717) is 0 Å². The van der Waals surface area contributed by atoms with E-state index in [1.165, 1.54) is 12.1 Å². The molecule has 0 unspecified atom stereocenters. The van der Waals surface area contributed by atoms with E-state index in [-0.39, 0.29) is 37.0 Å². The lowest BCUT2D eigenvalue weighted by Crippen LogP contribution is -2.08. The zero-order chi connectivity index (χ0) is 17.5. The van der Waals surface area contributed by atoms with Gasteiger partial charge in [0.25, 0.3) is 0 Å². The first kappa shape index (κ1) is 19.6. The monoisotopic (exact) mass is 349 g/mol. The second kappa shape index (κ2) is 8.39. The van der Waals surface area contributed by atoms with E-state index < -0.39 is 19.3 Å². The smallest absolute Gasteiger partial charge is 0.399 e. The molecule has 0 bridgehead atoms. The maximum atomic E-state index is 12.9. The van der Waals surface area contributed by atoms with Crippen molar-refractivity contribution in [3.63, 3.8) is 0 Å². The zero-order valence-electron chi connectivity index (χ0n) is 12.9. The lowest BCUT2D eigenvalue weighted by Gasteiger charge is -2.15. The fourth-order valence-corrected chi connectivity index (χ4v) is 3.33. The van der Waals surface area contributed by atoms with Gasteiger partial charge in [0.1, 0.15) is 0 Å². The molecule has 0 aliphatic rings. The van der Waals surface area contributed by atoms with Crippen LogP contribution in [0.4, 0.5) is 18.9 Å². The molecule has 0 saturated carbocycles. The summed E-state index contributed by atoms with van der Waals surface area (Å²) < 4.78 is 61.0. The Bertz CT molecular complexity index is 625. The van der Waals surface area contributed by atoms with Crippen LogP contribution in [0.1, 0.15) is 31.4 Å². The molecule has 4 nitrogen and oxygen atoms in total. The van der Waals surface area contributed by atoms with E-state index in [1.807, 2.05) is 0 Å². The van der Waals surface area contributed by atoms with E-state index in [1.54, 1.807) is 13.8 Å². The van der Waals surface area contributed by atoms with Crippen molar-refractivity contribution in [2.75, 3.05) is 25.1 Å². The number of rotatable bonds is 6. The quantitative estimate of drug-likeness (QED) is 0.473. The first-order chi connectivity index (χ1) is 10.7. The Hall–Kier alpha value is -1.48. The average molecular weight is 349 g/mol. The number of benzene rings is 1. The highest BCUT2D eigenvalue weighted by molar-refractivity contribution is 7.53. The molecule has 1 rings (SSSR count). The van der Waals surface area contributed by atoms with Crippen molar-refractivity contribution in [2.45, 2.75) is 26.4 Å². The average Bonchev–Trinajstić information content (AvgIpc) is 2.43. The Morgan fingerprint density at radius 2 is 1.83 bits per heavy atom. The molecular formula is C15H19F3NO3P. The minimum atomic E-state index is -4.51. The van der Waals surface area contributed by atoms with Gasteiger partial charge >= 0.3 is 13.8 Å². The standard InChI is InChI=1S/C15H19F3NO3P/c1-3-21-23(20,22-4-2)10-6-5-7-12-11-13(19)8-9-14(12)15(16,17)18/h8-9,11H,3-4,6,10,19H2,1-2H3. The Labute approximate surface area is 133 Å². The highest BCUT2D eigenvalue weighted by Crippen LogP contribution is 2.48. The van der Waals surface area contributed by atoms with E-state index in [0.717, 1.165) is 6.07 Å². The second-order valence-electron chi connectivity index (χ2n) is 4.52. The molecule has 2 N–H and O–H groups in total. The summed E-state index contributed by atoms with van der Waals surface area (Å²) in [5.41, 5.74) is 4.64. The van der Waals surface area contributed by atoms with Crippen LogP contribution in [0.3, 0.4) is 0 Å². The fourth-order valence-electron chi connectivity index (χ4n) is 1.82. The molecule has 23 heavy (non-hydrogen) atoms. The topological polar surface area (TPSA) is 61.5 Å². The van der Waals surface area contributed by atoms with Crippen molar-refractivity contribution in [3.8, 4) is 11.8 Å². The van der Waals surface area contributed by atoms with Crippen molar-refractivity contribution in [2.24, 2.45) is 0 Å². The molecule has 128 valence electrons. The van der Waals surface area contributed by atoms with E-state index >= 15 is 0 Å². The van der Waals surface area contributed by atoms with Gasteiger partial charge < -0.3 is 14.8 Å². The molecule has 1 aromatic rings. The summed E-state index contributed by atoms with van der Waals surface area (Å²) in [5, 5.41) is 0. The van der Waals surface area contributed by atoms with Gasteiger partial charge in [-0.15, -0.1) is 0 Å². The molecule has 0 spiro atoms. The number of halogens is 3. The normalized spacial score (nSPS) is 11.9. The van der Waals surface area contributed by atoms with Crippen LogP contribution < -0.4 is 5.73 Å². The molecule has 1 aromatic carbocycles. The molecule has 0 fully saturated rings. The van der Waals surface area contributed by atoms with E-state index in [9.17, 15) is 17.7 Å². The summed E-state index contributed by atoms with van der Waals surface area (Å²) in [5.74, 6) is 5.01. The highest BCUT2D eigenvalue weighted by Gasteiger charge is 2.33. The Morgan fingerprint density at radius 3 is 2.35 bits per heavy atom. The summed E-state index contributed by atoms with van der Waals surface area (Å²) in [6, 6.07) is 3.23. The van der Waals surface area contributed by atoms with Crippen molar-refractivity contribution >= 4 is 13.3 Å². The third-order valence-electron chi connectivity index (χ3n) is 2.73. The second-order valence-corrected chi connectivity index (χ2v) is 6.71. The minimum Gasteiger partial charge on any atom is -0.399 e. The predicted octanol–water partition coefficient (Wildman–Crippen LogP) is 4.30. The molecule has 0 aliphatic carbocycles. The largest absolute Gasteiger partial charge is 0.417 e. The molecule has 0 atom stereocenters. The molecule has 0 saturated heterocycles. The third kappa shape index (κ3) is 6.26. The van der Waals surface area contributed by atoms with E-state index in [2.05, 4.69) is 11.8 Å². The van der Waals surface area contributed by atoms with Gasteiger partial charge in [0.2, 0.25) is 0 Å². The van der Waals surface area contributed by atoms with Crippen LogP contribution >= 0.6 is 7.60 Å². The lowest BCUT2D eigenvalue weighted by atomic mass is 10.1. The number of anilines is 1. The summed E-state index contributed by atoms with van der Waals surface area (Å²) in [4.78, 5) is 0. The van der Waals surface area contributed by atoms with Gasteiger partial charge in [-0.1, -0.05) is 11.8 Å². The summed E-state index contributed by atoms with van der Waals surface area (Å²) in [6.45, 7) is 3.80. The maximum Gasteiger partial charge on any atom is 0.417 e. The number of nitrogens with two attached hydrogens (primary N) is 1. The van der Waals surface area contributed by atoms with Crippen molar-refractivity contribution in [1.29, 1.82) is 0 Å². The Morgan fingerprint density at radius 1 is 1.22 bits per heavy atom. The summed E-state index contributed by atoms with van der Waals surface area (Å²) >= 11 is 0. The van der Waals surface area contributed by atoms with Gasteiger partial charge in [0, 0.05) is 17.7 Å². The van der Waals surface area contributed by atoms with Crippen LogP contribution in [0.5, 0.6) is 0 Å². The maximum absolute atomic E-state index is 12.9. The van der Waals surface area contributed by atoms with Crippen molar-refractivity contribution in [3.05, 3.63) is 29.3 Å². The number of hydrogen-bond acceptors (Lipinski definition) is 4. The Kier molecular flexibility index (Phi) is 7.14. The van der Waals surface area contributed by atoms with Crippen LogP contribution in [0.25, 0.3) is 0 Å². The van der Waals surface area contributed by atoms with Crippen LogP contribution in [-0.2, 0) is 19.8 Å². The van der Waals surface area contributed by atoms with Crippen LogP contribution in [0, 0.1) is 11.8 Å². The molecule has 8 heteroatoms. The van der Waals surface area contributed by atoms with Crippen LogP contribution in [0.15, 0.2) is 18.2 Å². The van der Waals surface area contributed by atoms with Gasteiger partial charge in [0.15, 0.2) is 0 Å². The predicted molar refractivity (Wildman–Crippen MR) is 83.1 cm³/mol. The molecule has 0 amide bonds. The van der Waals surface area contributed by atoms with Crippen LogP contribution in [-0.4, -0.2) is 19.4 Å². The zero-order valence-corrected chi connectivity index (χ0v) is 13.8. The van der Waals surface area contributed by atoms with E-state index in [4.69, 9.17) is 14.8 Å². The molecule has 0 aliphatic heterocycles. The van der Waals surface area contributed by atoms with Gasteiger partial charge in [0.05, 0.1) is 24.9 Å². The number of hydrogen-bond donors (Lipinski definition) is 1. The number of nitrogen functional groups attached to an aromatic ring is 1. The van der Waals surface area contributed by atoms with Crippen LogP contribution in [0.2, 0.25) is 0 Å². The first-order valence-corrected chi connectivity index (χ1v) is 8.78. The first-order valence-electron chi connectivity index (χ1n) is 7.05. The number of alkyl halides is 3. The summed E-state index contributed by atoms with van der Waals surface area (Å²) in [6.07, 6.45) is -4.40. The molecular weight excluding hydrogens is 330 g/mol. The minimum absolute atomic E-state index is 0.0192. The third-order valence-corrected chi connectivity index (χ3v) is 4.81. The highest BCUT2D eigenvalue weighted by atomic mass is 31.2. The van der Waals surface area contributed by atoms with Gasteiger partial charge in [-0.25, -0.2) is 0 Å².